The average molecular weight is 398 g/mol. The highest BCUT2D eigenvalue weighted by Crippen LogP contribution is 2.32. The van der Waals surface area contributed by atoms with Gasteiger partial charge in [-0.3, -0.25) is 9.48 Å². The van der Waals surface area contributed by atoms with Crippen LogP contribution < -0.4 is 10.1 Å². The van der Waals surface area contributed by atoms with Gasteiger partial charge in [0.25, 0.3) is 0 Å². The molecule has 6 heteroatoms. The highest BCUT2D eigenvalue weighted by molar-refractivity contribution is 5.79. The SMILES string of the molecule is COc1ccccc1Cn1ncc2c1CCCC2NC(=O)C1CCCC(OC)C1. The van der Waals surface area contributed by atoms with E-state index >= 15 is 0 Å². The summed E-state index contributed by atoms with van der Waals surface area (Å²) in [5, 5.41) is 7.97. The molecule has 2 aromatic rings. The average Bonchev–Trinajstić information content (AvgIpc) is 3.18. The third kappa shape index (κ3) is 4.32. The third-order valence-corrected chi connectivity index (χ3v) is 6.42. The van der Waals surface area contributed by atoms with Gasteiger partial charge < -0.3 is 14.8 Å². The molecule has 0 spiro atoms. The first-order valence-electron chi connectivity index (χ1n) is 10.7. The number of nitrogens with zero attached hydrogens (tertiary/aromatic N) is 2. The highest BCUT2D eigenvalue weighted by Gasteiger charge is 2.31. The first kappa shape index (κ1) is 20.0. The molecule has 0 saturated heterocycles. The second-order valence-corrected chi connectivity index (χ2v) is 8.19. The predicted octanol–water partition coefficient (Wildman–Crippen LogP) is 3.64. The van der Waals surface area contributed by atoms with E-state index in [1.54, 1.807) is 14.2 Å². The van der Waals surface area contributed by atoms with Crippen molar-refractivity contribution in [3.63, 3.8) is 0 Å². The van der Waals surface area contributed by atoms with Crippen LogP contribution in [0.2, 0.25) is 0 Å². The molecule has 2 aliphatic rings. The Balaban J connectivity index is 1.47. The van der Waals surface area contributed by atoms with Crippen LogP contribution in [0, 0.1) is 5.92 Å². The Kier molecular flexibility index (Phi) is 6.19. The molecule has 0 radical (unpaired) electrons. The zero-order chi connectivity index (χ0) is 20.2. The minimum Gasteiger partial charge on any atom is -0.496 e. The molecular weight excluding hydrogens is 366 g/mol. The van der Waals surface area contributed by atoms with Crippen LogP contribution in [0.3, 0.4) is 0 Å². The summed E-state index contributed by atoms with van der Waals surface area (Å²) in [6.45, 7) is 0.679. The topological polar surface area (TPSA) is 65.4 Å². The van der Waals surface area contributed by atoms with Crippen LogP contribution in [0.25, 0.3) is 0 Å². The summed E-state index contributed by atoms with van der Waals surface area (Å²) in [5.74, 6) is 1.10. The summed E-state index contributed by atoms with van der Waals surface area (Å²) in [6.07, 6.45) is 9.07. The van der Waals surface area contributed by atoms with E-state index in [0.717, 1.165) is 56.3 Å². The second kappa shape index (κ2) is 8.99. The lowest BCUT2D eigenvalue weighted by Gasteiger charge is -2.30. The van der Waals surface area contributed by atoms with E-state index in [2.05, 4.69) is 21.2 Å². The van der Waals surface area contributed by atoms with Crippen LogP contribution in [0.15, 0.2) is 30.5 Å². The van der Waals surface area contributed by atoms with Crippen LogP contribution in [0.5, 0.6) is 5.75 Å². The molecular formula is C23H31N3O3. The van der Waals surface area contributed by atoms with Gasteiger partial charge in [0.2, 0.25) is 5.91 Å². The molecule has 29 heavy (non-hydrogen) atoms. The molecule has 1 aromatic heterocycles. The van der Waals surface area contributed by atoms with Gasteiger partial charge in [-0.05, 0) is 44.6 Å². The number of nitrogens with one attached hydrogen (secondary N) is 1. The van der Waals surface area contributed by atoms with Crippen molar-refractivity contribution < 1.29 is 14.3 Å². The lowest BCUT2D eigenvalue weighted by molar-refractivity contribution is -0.128. The molecule has 1 N–H and O–H groups in total. The van der Waals surface area contributed by atoms with Crippen molar-refractivity contribution in [3.8, 4) is 5.75 Å². The number of para-hydroxylation sites is 1. The molecule has 0 bridgehead atoms. The molecule has 3 unspecified atom stereocenters. The Hall–Kier alpha value is -2.34. The van der Waals surface area contributed by atoms with E-state index in [1.807, 2.05) is 24.4 Å². The fourth-order valence-electron chi connectivity index (χ4n) is 4.79. The number of benzene rings is 1. The van der Waals surface area contributed by atoms with E-state index < -0.39 is 0 Å². The zero-order valence-corrected chi connectivity index (χ0v) is 17.4. The second-order valence-electron chi connectivity index (χ2n) is 8.19. The van der Waals surface area contributed by atoms with Gasteiger partial charge in [0.05, 0.1) is 32.0 Å². The van der Waals surface area contributed by atoms with E-state index in [4.69, 9.17) is 9.47 Å². The Bertz CT molecular complexity index is 848. The maximum absolute atomic E-state index is 12.9. The van der Waals surface area contributed by atoms with E-state index in [1.165, 1.54) is 11.3 Å². The van der Waals surface area contributed by atoms with E-state index in [9.17, 15) is 4.79 Å². The van der Waals surface area contributed by atoms with Crippen LogP contribution >= 0.6 is 0 Å². The van der Waals surface area contributed by atoms with E-state index in [0.29, 0.717) is 6.54 Å². The quantitative estimate of drug-likeness (QED) is 0.808. The largest absolute Gasteiger partial charge is 0.496 e. The maximum atomic E-state index is 12.9. The molecule has 1 amide bonds. The highest BCUT2D eigenvalue weighted by atomic mass is 16.5. The van der Waals surface area contributed by atoms with Crippen LogP contribution in [0.4, 0.5) is 0 Å². The van der Waals surface area contributed by atoms with Gasteiger partial charge in [-0.25, -0.2) is 0 Å². The number of fused-ring (bicyclic) bond motifs is 1. The Morgan fingerprint density at radius 3 is 2.90 bits per heavy atom. The number of hydrogen-bond acceptors (Lipinski definition) is 4. The van der Waals surface area contributed by atoms with Crippen molar-refractivity contribution in [2.45, 2.75) is 63.6 Å². The summed E-state index contributed by atoms with van der Waals surface area (Å²) in [4.78, 5) is 12.9. The number of hydrogen-bond donors (Lipinski definition) is 1. The molecule has 2 aliphatic carbocycles. The molecule has 156 valence electrons. The summed E-state index contributed by atoms with van der Waals surface area (Å²) < 4.78 is 13.0. The molecule has 1 heterocycles. The molecule has 6 nitrogen and oxygen atoms in total. The van der Waals surface area contributed by atoms with Crippen molar-refractivity contribution >= 4 is 5.91 Å². The standard InChI is InChI=1S/C23H31N3O3/c1-28-18-9-5-8-16(13-18)23(27)25-20-10-6-11-21-19(20)14-24-26(21)15-17-7-3-4-12-22(17)29-2/h3-4,7,12,14,16,18,20H,5-6,8-11,13,15H2,1-2H3,(H,25,27). The number of methoxy groups -OCH3 is 2. The minimum atomic E-state index is 0.0561. The molecule has 0 aliphatic heterocycles. The maximum Gasteiger partial charge on any atom is 0.223 e. The normalized spacial score (nSPS) is 24.0. The summed E-state index contributed by atoms with van der Waals surface area (Å²) in [6, 6.07) is 8.11. The zero-order valence-electron chi connectivity index (χ0n) is 17.4. The molecule has 1 aromatic carbocycles. The molecule has 4 rings (SSSR count). The number of carbonyl (C=O) groups excluding carboxylic acids is 1. The summed E-state index contributed by atoms with van der Waals surface area (Å²) in [7, 11) is 3.44. The Labute approximate surface area is 172 Å². The number of carbonyl (C=O) groups is 1. The van der Waals surface area contributed by atoms with Crippen molar-refractivity contribution in [1.29, 1.82) is 0 Å². The minimum absolute atomic E-state index is 0.0561. The third-order valence-electron chi connectivity index (χ3n) is 6.42. The summed E-state index contributed by atoms with van der Waals surface area (Å²) >= 11 is 0. The van der Waals surface area contributed by atoms with E-state index in [-0.39, 0.29) is 24.0 Å². The molecule has 3 atom stereocenters. The lowest BCUT2D eigenvalue weighted by Crippen LogP contribution is -2.38. The van der Waals surface area contributed by atoms with Crippen LogP contribution in [0.1, 0.15) is 61.4 Å². The molecule has 1 saturated carbocycles. The van der Waals surface area contributed by atoms with Gasteiger partial charge >= 0.3 is 0 Å². The first-order chi connectivity index (χ1) is 14.2. The smallest absolute Gasteiger partial charge is 0.223 e. The van der Waals surface area contributed by atoms with Crippen molar-refractivity contribution in [3.05, 3.63) is 47.3 Å². The van der Waals surface area contributed by atoms with Gasteiger partial charge in [0.15, 0.2) is 0 Å². The fraction of sp³-hybridized carbons (Fsp3) is 0.565. The Morgan fingerprint density at radius 2 is 2.07 bits per heavy atom. The summed E-state index contributed by atoms with van der Waals surface area (Å²) in [5.41, 5.74) is 3.50. The molecule has 1 fully saturated rings. The van der Waals surface area contributed by atoms with Crippen molar-refractivity contribution in [1.82, 2.24) is 15.1 Å². The monoisotopic (exact) mass is 397 g/mol. The van der Waals surface area contributed by atoms with Gasteiger partial charge in [-0.2, -0.15) is 5.10 Å². The predicted molar refractivity (Wildman–Crippen MR) is 111 cm³/mol. The van der Waals surface area contributed by atoms with Gasteiger partial charge in [-0.1, -0.05) is 24.6 Å². The number of rotatable bonds is 6. The van der Waals surface area contributed by atoms with Crippen molar-refractivity contribution in [2.24, 2.45) is 5.92 Å². The van der Waals surface area contributed by atoms with Crippen molar-refractivity contribution in [2.75, 3.05) is 14.2 Å². The van der Waals surface area contributed by atoms with Gasteiger partial charge in [0, 0.05) is 29.8 Å². The van der Waals surface area contributed by atoms with Gasteiger partial charge in [0.1, 0.15) is 5.75 Å². The first-order valence-corrected chi connectivity index (χ1v) is 10.7. The van der Waals surface area contributed by atoms with Crippen LogP contribution in [-0.4, -0.2) is 36.0 Å². The lowest BCUT2D eigenvalue weighted by atomic mass is 9.85. The fourth-order valence-corrected chi connectivity index (χ4v) is 4.79. The van der Waals surface area contributed by atoms with Gasteiger partial charge in [-0.15, -0.1) is 0 Å². The Morgan fingerprint density at radius 1 is 1.21 bits per heavy atom. The van der Waals surface area contributed by atoms with Crippen LogP contribution in [-0.2, 0) is 22.5 Å². The number of aromatic nitrogens is 2. The number of amides is 1. The number of ether oxygens (including phenoxy) is 2.